The fourth-order valence-electron chi connectivity index (χ4n) is 2.13. The molecule has 3 aromatic rings. The third kappa shape index (κ3) is 2.67. The molecule has 22 heavy (non-hydrogen) atoms. The fraction of sp³-hybridized carbons (Fsp3) is 0.214. The minimum absolute atomic E-state index is 0.0217. The van der Waals surface area contributed by atoms with Gasteiger partial charge in [0.1, 0.15) is 5.65 Å². The molecule has 114 valence electrons. The van der Waals surface area contributed by atoms with Gasteiger partial charge in [0, 0.05) is 25.6 Å². The van der Waals surface area contributed by atoms with Gasteiger partial charge in [0.2, 0.25) is 0 Å². The van der Waals surface area contributed by atoms with Crippen molar-refractivity contribution in [3.05, 3.63) is 54.2 Å². The number of aromatic nitrogens is 4. The predicted molar refractivity (Wildman–Crippen MR) is 74.5 cm³/mol. The third-order valence-electron chi connectivity index (χ3n) is 3.19. The first kappa shape index (κ1) is 14.2. The summed E-state index contributed by atoms with van der Waals surface area (Å²) in [7, 11) is 1.58. The van der Waals surface area contributed by atoms with Crippen molar-refractivity contribution in [3.8, 4) is 0 Å². The van der Waals surface area contributed by atoms with Crippen LogP contribution < -0.4 is 0 Å². The summed E-state index contributed by atoms with van der Waals surface area (Å²) in [5.41, 5.74) is 1.46. The van der Waals surface area contributed by atoms with Crippen LogP contribution in [0.5, 0.6) is 0 Å². The standard InChI is InChI=1S/C14H13F2N5O/c1-19(13(22)11-5-7-21(18-11)14(15)16)8-10-9-20-6-3-2-4-12(20)17-10/h2-7,9,14H,8H2,1H3. The molecule has 0 radical (unpaired) electrons. The highest BCUT2D eigenvalue weighted by atomic mass is 19.3. The molecule has 0 aliphatic carbocycles. The second kappa shape index (κ2) is 5.55. The molecule has 8 heteroatoms. The Kier molecular flexibility index (Phi) is 3.58. The number of carbonyl (C=O) groups excluding carboxylic acids is 1. The second-order valence-electron chi connectivity index (χ2n) is 4.82. The van der Waals surface area contributed by atoms with Crippen molar-refractivity contribution in [2.75, 3.05) is 7.05 Å². The number of pyridine rings is 1. The van der Waals surface area contributed by atoms with E-state index in [1.807, 2.05) is 35.0 Å². The number of rotatable bonds is 4. The van der Waals surface area contributed by atoms with E-state index >= 15 is 0 Å². The Balaban J connectivity index is 1.75. The van der Waals surface area contributed by atoms with Gasteiger partial charge in [-0.05, 0) is 18.2 Å². The average molecular weight is 305 g/mol. The van der Waals surface area contributed by atoms with Crippen LogP contribution in [0.3, 0.4) is 0 Å². The van der Waals surface area contributed by atoms with Gasteiger partial charge >= 0.3 is 6.55 Å². The molecule has 0 saturated carbocycles. The molecule has 0 aliphatic rings. The second-order valence-corrected chi connectivity index (χ2v) is 4.82. The van der Waals surface area contributed by atoms with Crippen LogP contribution in [0.25, 0.3) is 5.65 Å². The number of hydrogen-bond donors (Lipinski definition) is 0. The molecule has 0 bridgehead atoms. The molecule has 0 saturated heterocycles. The van der Waals surface area contributed by atoms with Crippen LogP contribution in [-0.4, -0.2) is 37.0 Å². The first-order valence-electron chi connectivity index (χ1n) is 6.56. The normalized spacial score (nSPS) is 11.3. The summed E-state index contributed by atoms with van der Waals surface area (Å²) in [6.45, 7) is -2.49. The number of nitrogens with zero attached hydrogens (tertiary/aromatic N) is 5. The van der Waals surface area contributed by atoms with E-state index in [0.29, 0.717) is 10.4 Å². The molecule has 0 aliphatic heterocycles. The Morgan fingerprint density at radius 1 is 1.32 bits per heavy atom. The van der Waals surface area contributed by atoms with E-state index in [1.165, 1.54) is 11.0 Å². The molecule has 0 N–H and O–H groups in total. The zero-order valence-corrected chi connectivity index (χ0v) is 11.7. The van der Waals surface area contributed by atoms with E-state index in [2.05, 4.69) is 10.1 Å². The Morgan fingerprint density at radius 2 is 2.14 bits per heavy atom. The number of hydrogen-bond acceptors (Lipinski definition) is 3. The van der Waals surface area contributed by atoms with Gasteiger partial charge in [-0.15, -0.1) is 0 Å². The molecule has 3 aromatic heterocycles. The third-order valence-corrected chi connectivity index (χ3v) is 3.19. The predicted octanol–water partition coefficient (Wildman–Crippen LogP) is 2.20. The molecular formula is C14H13F2N5O. The Hall–Kier alpha value is -2.77. The topological polar surface area (TPSA) is 55.4 Å². The van der Waals surface area contributed by atoms with Gasteiger partial charge in [0.15, 0.2) is 5.69 Å². The van der Waals surface area contributed by atoms with Crippen LogP contribution in [0.2, 0.25) is 0 Å². The SMILES string of the molecule is CN(Cc1cn2ccccc2n1)C(=O)c1ccn(C(F)F)n1. The van der Waals surface area contributed by atoms with E-state index in [4.69, 9.17) is 0 Å². The van der Waals surface area contributed by atoms with Crippen LogP contribution >= 0.6 is 0 Å². The maximum atomic E-state index is 12.5. The van der Waals surface area contributed by atoms with Gasteiger partial charge in [-0.2, -0.15) is 13.9 Å². The van der Waals surface area contributed by atoms with E-state index in [9.17, 15) is 13.6 Å². The molecule has 6 nitrogen and oxygen atoms in total. The smallest absolute Gasteiger partial charge is 0.333 e. The Bertz CT molecular complexity index is 777. The largest absolute Gasteiger partial charge is 0.334 e. The summed E-state index contributed by atoms with van der Waals surface area (Å²) in [5, 5.41) is 3.56. The molecular weight excluding hydrogens is 292 g/mol. The summed E-state index contributed by atoms with van der Waals surface area (Å²) in [4.78, 5) is 17.9. The number of fused-ring (bicyclic) bond motifs is 1. The lowest BCUT2D eigenvalue weighted by Gasteiger charge is -2.14. The van der Waals surface area contributed by atoms with Crippen LogP contribution in [0.4, 0.5) is 8.78 Å². The van der Waals surface area contributed by atoms with E-state index in [1.54, 1.807) is 7.05 Å². The van der Waals surface area contributed by atoms with Crippen molar-refractivity contribution in [1.82, 2.24) is 24.1 Å². The van der Waals surface area contributed by atoms with E-state index < -0.39 is 12.5 Å². The molecule has 0 fully saturated rings. The minimum Gasteiger partial charge on any atom is -0.334 e. The molecule has 0 unspecified atom stereocenters. The molecule has 1 amide bonds. The van der Waals surface area contributed by atoms with Crippen molar-refractivity contribution in [2.45, 2.75) is 13.1 Å². The Morgan fingerprint density at radius 3 is 2.82 bits per heavy atom. The Labute approximate surface area is 124 Å². The van der Waals surface area contributed by atoms with E-state index in [0.717, 1.165) is 11.8 Å². The lowest BCUT2D eigenvalue weighted by Crippen LogP contribution is -2.27. The van der Waals surface area contributed by atoms with Crippen molar-refractivity contribution in [1.29, 1.82) is 0 Å². The van der Waals surface area contributed by atoms with Crippen molar-refractivity contribution in [3.63, 3.8) is 0 Å². The van der Waals surface area contributed by atoms with E-state index in [-0.39, 0.29) is 12.2 Å². The lowest BCUT2D eigenvalue weighted by molar-refractivity contribution is 0.0553. The number of carbonyl (C=O) groups is 1. The zero-order valence-electron chi connectivity index (χ0n) is 11.7. The van der Waals surface area contributed by atoms with Gasteiger partial charge in [-0.1, -0.05) is 6.07 Å². The zero-order chi connectivity index (χ0) is 15.7. The molecule has 3 heterocycles. The van der Waals surface area contributed by atoms with Crippen LogP contribution in [-0.2, 0) is 6.54 Å². The van der Waals surface area contributed by atoms with Gasteiger partial charge in [0.25, 0.3) is 5.91 Å². The van der Waals surface area contributed by atoms with Gasteiger partial charge in [0.05, 0.1) is 12.2 Å². The number of imidazole rings is 1. The fourth-order valence-corrected chi connectivity index (χ4v) is 2.13. The average Bonchev–Trinajstić information content (AvgIpc) is 3.12. The summed E-state index contributed by atoms with van der Waals surface area (Å²) < 4.78 is 27.2. The monoisotopic (exact) mass is 305 g/mol. The maximum absolute atomic E-state index is 12.5. The summed E-state index contributed by atoms with van der Waals surface area (Å²) in [6, 6.07) is 6.88. The van der Waals surface area contributed by atoms with Gasteiger partial charge in [-0.3, -0.25) is 4.79 Å². The lowest BCUT2D eigenvalue weighted by atomic mass is 10.3. The first-order valence-corrected chi connectivity index (χ1v) is 6.56. The quantitative estimate of drug-likeness (QED) is 0.742. The van der Waals surface area contributed by atoms with Crippen molar-refractivity contribution < 1.29 is 13.6 Å². The summed E-state index contributed by atoms with van der Waals surface area (Å²) in [5.74, 6) is -0.434. The number of halogens is 2. The van der Waals surface area contributed by atoms with Crippen molar-refractivity contribution >= 4 is 11.6 Å². The maximum Gasteiger partial charge on any atom is 0.333 e. The van der Waals surface area contributed by atoms with Crippen LogP contribution in [0, 0.1) is 0 Å². The van der Waals surface area contributed by atoms with Gasteiger partial charge in [-0.25, -0.2) is 9.67 Å². The highest BCUT2D eigenvalue weighted by Gasteiger charge is 2.18. The first-order chi connectivity index (χ1) is 10.5. The van der Waals surface area contributed by atoms with Gasteiger partial charge < -0.3 is 9.30 Å². The highest BCUT2D eigenvalue weighted by Crippen LogP contribution is 2.12. The number of amides is 1. The van der Waals surface area contributed by atoms with Crippen LogP contribution in [0.15, 0.2) is 42.9 Å². The minimum atomic E-state index is -2.76. The van der Waals surface area contributed by atoms with Crippen LogP contribution in [0.1, 0.15) is 22.7 Å². The number of alkyl halides is 2. The summed E-state index contributed by atoms with van der Waals surface area (Å²) >= 11 is 0. The molecule has 0 aromatic carbocycles. The highest BCUT2D eigenvalue weighted by molar-refractivity contribution is 5.91. The molecule has 3 rings (SSSR count). The molecule has 0 spiro atoms. The molecule has 0 atom stereocenters. The van der Waals surface area contributed by atoms with Crippen molar-refractivity contribution in [2.24, 2.45) is 0 Å². The summed E-state index contributed by atoms with van der Waals surface area (Å²) in [6.07, 6.45) is 4.76.